The van der Waals surface area contributed by atoms with Gasteiger partial charge in [0.15, 0.2) is 12.4 Å². The van der Waals surface area contributed by atoms with Crippen molar-refractivity contribution in [2.24, 2.45) is 7.05 Å². The van der Waals surface area contributed by atoms with Crippen molar-refractivity contribution in [1.82, 2.24) is 9.78 Å². The molecule has 0 aliphatic heterocycles. The second-order valence-corrected chi connectivity index (χ2v) is 4.41. The standard InChI is InChI=1S/C14H14N2O4/c1-9-3-4-12(20-8-13(17)18)11(5-9)14(19)10-6-15-16(2)7-10/h3-7H,8H2,1-2H3,(H,17,18). The molecule has 0 unspecified atom stereocenters. The fourth-order valence-corrected chi connectivity index (χ4v) is 1.78. The van der Waals surface area contributed by atoms with E-state index in [9.17, 15) is 9.59 Å². The van der Waals surface area contributed by atoms with E-state index in [2.05, 4.69) is 5.10 Å². The van der Waals surface area contributed by atoms with Crippen LogP contribution in [0.15, 0.2) is 30.6 Å². The van der Waals surface area contributed by atoms with Crippen molar-refractivity contribution in [2.75, 3.05) is 6.61 Å². The van der Waals surface area contributed by atoms with Gasteiger partial charge >= 0.3 is 5.97 Å². The highest BCUT2D eigenvalue weighted by Gasteiger charge is 2.17. The number of aliphatic carboxylic acids is 1. The SMILES string of the molecule is Cc1ccc(OCC(=O)O)c(C(=O)c2cnn(C)c2)c1. The lowest BCUT2D eigenvalue weighted by molar-refractivity contribution is -0.139. The van der Waals surface area contributed by atoms with E-state index in [1.54, 1.807) is 31.4 Å². The van der Waals surface area contributed by atoms with Crippen molar-refractivity contribution in [2.45, 2.75) is 6.92 Å². The molecule has 0 fully saturated rings. The fourth-order valence-electron chi connectivity index (χ4n) is 1.78. The number of carbonyl (C=O) groups is 2. The highest BCUT2D eigenvalue weighted by Crippen LogP contribution is 2.23. The molecule has 1 N–H and O–H groups in total. The molecule has 6 nitrogen and oxygen atoms in total. The van der Waals surface area contributed by atoms with E-state index < -0.39 is 12.6 Å². The first kappa shape index (κ1) is 13.8. The molecule has 0 radical (unpaired) electrons. The van der Waals surface area contributed by atoms with E-state index in [0.29, 0.717) is 11.1 Å². The molecule has 0 bridgehead atoms. The zero-order valence-electron chi connectivity index (χ0n) is 11.2. The summed E-state index contributed by atoms with van der Waals surface area (Å²) in [6.07, 6.45) is 3.07. The highest BCUT2D eigenvalue weighted by molar-refractivity contribution is 6.10. The summed E-state index contributed by atoms with van der Waals surface area (Å²) in [7, 11) is 1.72. The van der Waals surface area contributed by atoms with Crippen LogP contribution in [-0.2, 0) is 11.8 Å². The summed E-state index contributed by atoms with van der Waals surface area (Å²) in [6.45, 7) is 1.36. The van der Waals surface area contributed by atoms with Gasteiger partial charge in [0.1, 0.15) is 5.75 Å². The third kappa shape index (κ3) is 3.03. The Morgan fingerprint density at radius 1 is 1.40 bits per heavy atom. The molecule has 0 atom stereocenters. The molecule has 1 aromatic heterocycles. The lowest BCUT2D eigenvalue weighted by atomic mass is 10.0. The lowest BCUT2D eigenvalue weighted by Gasteiger charge is -2.09. The van der Waals surface area contributed by atoms with Gasteiger partial charge in [-0.3, -0.25) is 9.48 Å². The number of hydrogen-bond donors (Lipinski definition) is 1. The van der Waals surface area contributed by atoms with Crippen LogP contribution in [0.25, 0.3) is 0 Å². The van der Waals surface area contributed by atoms with E-state index >= 15 is 0 Å². The van der Waals surface area contributed by atoms with Gasteiger partial charge in [0.2, 0.25) is 0 Å². The Kier molecular flexibility index (Phi) is 3.84. The van der Waals surface area contributed by atoms with Crippen LogP contribution in [0.5, 0.6) is 5.75 Å². The predicted octanol–water partition coefficient (Wildman–Crippen LogP) is 1.42. The topological polar surface area (TPSA) is 81.4 Å². The van der Waals surface area contributed by atoms with Crippen molar-refractivity contribution in [3.05, 3.63) is 47.3 Å². The van der Waals surface area contributed by atoms with E-state index in [0.717, 1.165) is 5.56 Å². The molecule has 2 rings (SSSR count). The summed E-state index contributed by atoms with van der Waals surface area (Å²) in [4.78, 5) is 23.0. The van der Waals surface area contributed by atoms with Crippen LogP contribution in [0.1, 0.15) is 21.5 Å². The number of aromatic nitrogens is 2. The summed E-state index contributed by atoms with van der Waals surface area (Å²) in [5.74, 6) is -1.08. The highest BCUT2D eigenvalue weighted by atomic mass is 16.5. The Morgan fingerprint density at radius 2 is 2.15 bits per heavy atom. The second-order valence-electron chi connectivity index (χ2n) is 4.41. The monoisotopic (exact) mass is 274 g/mol. The zero-order valence-corrected chi connectivity index (χ0v) is 11.2. The normalized spacial score (nSPS) is 10.3. The van der Waals surface area contributed by atoms with E-state index in [1.807, 2.05) is 6.92 Å². The average molecular weight is 274 g/mol. The minimum Gasteiger partial charge on any atom is -0.481 e. The van der Waals surface area contributed by atoms with Crippen molar-refractivity contribution in [1.29, 1.82) is 0 Å². The van der Waals surface area contributed by atoms with Gasteiger partial charge < -0.3 is 9.84 Å². The number of hydrogen-bond acceptors (Lipinski definition) is 4. The smallest absolute Gasteiger partial charge is 0.341 e. The number of rotatable bonds is 5. The molecule has 0 saturated carbocycles. The van der Waals surface area contributed by atoms with Crippen LogP contribution in [0.2, 0.25) is 0 Å². The largest absolute Gasteiger partial charge is 0.481 e. The molecule has 1 heterocycles. The summed E-state index contributed by atoms with van der Waals surface area (Å²) < 4.78 is 6.68. The van der Waals surface area contributed by atoms with Crippen LogP contribution in [-0.4, -0.2) is 33.2 Å². The maximum Gasteiger partial charge on any atom is 0.341 e. The van der Waals surface area contributed by atoms with Crippen LogP contribution < -0.4 is 4.74 Å². The van der Waals surface area contributed by atoms with Crippen molar-refractivity contribution >= 4 is 11.8 Å². The molecule has 1 aromatic carbocycles. The number of ketones is 1. The quantitative estimate of drug-likeness (QED) is 0.834. The molecular formula is C14H14N2O4. The Hall–Kier alpha value is -2.63. The maximum atomic E-state index is 12.4. The summed E-state index contributed by atoms with van der Waals surface area (Å²) >= 11 is 0. The molecule has 0 saturated heterocycles. The first-order valence-corrected chi connectivity index (χ1v) is 5.96. The Labute approximate surface area is 115 Å². The number of benzene rings is 1. The number of ether oxygens (including phenoxy) is 1. The summed E-state index contributed by atoms with van der Waals surface area (Å²) in [5, 5.41) is 12.6. The van der Waals surface area contributed by atoms with Gasteiger partial charge in [-0.1, -0.05) is 11.6 Å². The maximum absolute atomic E-state index is 12.4. The van der Waals surface area contributed by atoms with Gasteiger partial charge in [0.25, 0.3) is 0 Å². The van der Waals surface area contributed by atoms with Gasteiger partial charge in [0.05, 0.1) is 17.3 Å². The zero-order chi connectivity index (χ0) is 14.7. The average Bonchev–Trinajstić information content (AvgIpc) is 2.83. The van der Waals surface area contributed by atoms with Gasteiger partial charge in [-0.05, 0) is 19.1 Å². The van der Waals surface area contributed by atoms with Gasteiger partial charge in [0, 0.05) is 13.2 Å². The van der Waals surface area contributed by atoms with Gasteiger partial charge in [-0.25, -0.2) is 4.79 Å². The summed E-state index contributed by atoms with van der Waals surface area (Å²) in [6, 6.07) is 5.03. The van der Waals surface area contributed by atoms with Crippen LogP contribution in [0, 0.1) is 6.92 Å². The van der Waals surface area contributed by atoms with Crippen molar-refractivity contribution in [3.63, 3.8) is 0 Å². The molecule has 0 amide bonds. The number of carboxylic acid groups (broad SMARTS) is 1. The minimum absolute atomic E-state index is 0.248. The minimum atomic E-state index is -1.09. The van der Waals surface area contributed by atoms with Crippen molar-refractivity contribution in [3.8, 4) is 5.75 Å². The number of carbonyl (C=O) groups excluding carboxylic acids is 1. The molecule has 0 aliphatic rings. The van der Waals surface area contributed by atoms with Gasteiger partial charge in [-0.15, -0.1) is 0 Å². The Morgan fingerprint density at radius 3 is 2.75 bits per heavy atom. The second kappa shape index (κ2) is 5.56. The third-order valence-electron chi connectivity index (χ3n) is 2.70. The Bertz CT molecular complexity index is 661. The van der Waals surface area contributed by atoms with Crippen LogP contribution in [0.3, 0.4) is 0 Å². The predicted molar refractivity (Wildman–Crippen MR) is 71.0 cm³/mol. The number of aryl methyl sites for hydroxylation is 2. The van der Waals surface area contributed by atoms with Gasteiger partial charge in [-0.2, -0.15) is 5.10 Å². The third-order valence-corrected chi connectivity index (χ3v) is 2.70. The number of nitrogens with zero attached hydrogens (tertiary/aromatic N) is 2. The van der Waals surface area contributed by atoms with Crippen molar-refractivity contribution < 1.29 is 19.4 Å². The molecule has 104 valence electrons. The molecule has 2 aromatic rings. The molecule has 0 aliphatic carbocycles. The van der Waals surface area contributed by atoms with E-state index in [1.165, 1.54) is 10.9 Å². The molecular weight excluding hydrogens is 260 g/mol. The van der Waals surface area contributed by atoms with E-state index in [-0.39, 0.29) is 11.5 Å². The first-order valence-electron chi connectivity index (χ1n) is 5.96. The molecule has 6 heteroatoms. The lowest BCUT2D eigenvalue weighted by Crippen LogP contribution is -2.12. The van der Waals surface area contributed by atoms with Crippen LogP contribution >= 0.6 is 0 Å². The Balaban J connectivity index is 2.35. The molecule has 20 heavy (non-hydrogen) atoms. The fraction of sp³-hybridized carbons (Fsp3) is 0.214. The van der Waals surface area contributed by atoms with E-state index in [4.69, 9.17) is 9.84 Å². The number of carboxylic acids is 1. The first-order chi connectivity index (χ1) is 9.47. The summed E-state index contributed by atoms with van der Waals surface area (Å²) in [5.41, 5.74) is 1.65. The van der Waals surface area contributed by atoms with Crippen LogP contribution in [0.4, 0.5) is 0 Å². The molecule has 0 spiro atoms.